The lowest BCUT2D eigenvalue weighted by atomic mass is 10.1. The Labute approximate surface area is 133 Å². The van der Waals surface area contributed by atoms with E-state index in [1.807, 2.05) is 54.6 Å². The average Bonchev–Trinajstić information content (AvgIpc) is 2.51. The molecule has 21 heavy (non-hydrogen) atoms. The highest BCUT2D eigenvalue weighted by atomic mass is 79.9. The quantitative estimate of drug-likeness (QED) is 0.842. The topological polar surface area (TPSA) is 49.3 Å². The maximum Gasteiger partial charge on any atom is 0.220 e. The third-order valence-electron chi connectivity index (χ3n) is 3.25. The second kappa shape index (κ2) is 7.96. The van der Waals surface area contributed by atoms with E-state index in [-0.39, 0.29) is 18.6 Å². The minimum absolute atomic E-state index is 0.0575. The van der Waals surface area contributed by atoms with Crippen molar-refractivity contribution in [2.45, 2.75) is 18.9 Å². The van der Waals surface area contributed by atoms with E-state index in [0.29, 0.717) is 12.8 Å². The zero-order valence-corrected chi connectivity index (χ0v) is 13.2. The number of amides is 1. The van der Waals surface area contributed by atoms with Crippen LogP contribution in [0, 0.1) is 0 Å². The molecule has 0 saturated carbocycles. The molecule has 0 aliphatic rings. The number of hydrogen-bond acceptors (Lipinski definition) is 2. The predicted molar refractivity (Wildman–Crippen MR) is 86.9 cm³/mol. The number of benzene rings is 2. The molecule has 0 aliphatic carbocycles. The molecule has 1 amide bonds. The molecule has 0 radical (unpaired) electrons. The van der Waals surface area contributed by atoms with Crippen LogP contribution in [0.3, 0.4) is 0 Å². The molecule has 4 heteroatoms. The summed E-state index contributed by atoms with van der Waals surface area (Å²) in [5.74, 6) is -0.0575. The van der Waals surface area contributed by atoms with E-state index in [9.17, 15) is 9.90 Å². The van der Waals surface area contributed by atoms with Gasteiger partial charge in [0, 0.05) is 10.9 Å². The van der Waals surface area contributed by atoms with Gasteiger partial charge < -0.3 is 10.4 Å². The van der Waals surface area contributed by atoms with Crippen LogP contribution in [-0.2, 0) is 11.2 Å². The van der Waals surface area contributed by atoms with Gasteiger partial charge in [-0.1, -0.05) is 58.4 Å². The maximum absolute atomic E-state index is 12.0. The highest BCUT2D eigenvalue weighted by molar-refractivity contribution is 9.10. The molecular formula is C17H18BrNO2. The Hall–Kier alpha value is -1.65. The highest BCUT2D eigenvalue weighted by Gasteiger charge is 2.13. The molecule has 2 aromatic rings. The summed E-state index contributed by atoms with van der Waals surface area (Å²) < 4.78 is 1.01. The molecule has 0 fully saturated rings. The van der Waals surface area contributed by atoms with Gasteiger partial charge in [-0.2, -0.15) is 0 Å². The van der Waals surface area contributed by atoms with Gasteiger partial charge in [-0.3, -0.25) is 4.79 Å². The van der Waals surface area contributed by atoms with Crippen LogP contribution in [0.25, 0.3) is 0 Å². The van der Waals surface area contributed by atoms with E-state index in [4.69, 9.17) is 0 Å². The molecule has 0 unspecified atom stereocenters. The number of aryl methyl sites for hydroxylation is 1. The summed E-state index contributed by atoms with van der Waals surface area (Å²) >= 11 is 3.42. The van der Waals surface area contributed by atoms with Gasteiger partial charge in [0.05, 0.1) is 12.6 Å². The van der Waals surface area contributed by atoms with E-state index in [1.165, 1.54) is 0 Å². The van der Waals surface area contributed by atoms with Crippen LogP contribution in [0.2, 0.25) is 0 Å². The van der Waals surface area contributed by atoms with Gasteiger partial charge in [-0.15, -0.1) is 0 Å². The number of aliphatic hydroxyl groups is 1. The Kier molecular flexibility index (Phi) is 5.96. The van der Waals surface area contributed by atoms with Crippen molar-refractivity contribution in [2.75, 3.05) is 6.61 Å². The molecule has 0 spiro atoms. The van der Waals surface area contributed by atoms with Crippen LogP contribution in [0.4, 0.5) is 0 Å². The molecular weight excluding hydrogens is 330 g/mol. The summed E-state index contributed by atoms with van der Waals surface area (Å²) in [7, 11) is 0. The van der Waals surface area contributed by atoms with Crippen LogP contribution in [-0.4, -0.2) is 17.6 Å². The molecule has 110 valence electrons. The summed E-state index contributed by atoms with van der Waals surface area (Å²) in [4.78, 5) is 12.0. The van der Waals surface area contributed by atoms with Crippen LogP contribution in [0.1, 0.15) is 23.6 Å². The minimum atomic E-state index is -0.346. The zero-order chi connectivity index (χ0) is 15.1. The second-order valence-electron chi connectivity index (χ2n) is 4.84. The van der Waals surface area contributed by atoms with E-state index in [1.54, 1.807) is 0 Å². The normalized spacial score (nSPS) is 11.9. The van der Waals surface area contributed by atoms with E-state index >= 15 is 0 Å². The van der Waals surface area contributed by atoms with Crippen molar-refractivity contribution in [3.8, 4) is 0 Å². The molecule has 0 aliphatic heterocycles. The van der Waals surface area contributed by atoms with Crippen molar-refractivity contribution >= 4 is 21.8 Å². The Morgan fingerprint density at radius 2 is 1.90 bits per heavy atom. The smallest absolute Gasteiger partial charge is 0.220 e. The molecule has 0 aromatic heterocycles. The number of nitrogens with one attached hydrogen (secondary N) is 1. The molecule has 0 saturated heterocycles. The molecule has 0 heterocycles. The highest BCUT2D eigenvalue weighted by Crippen LogP contribution is 2.14. The molecule has 2 N–H and O–H groups in total. The van der Waals surface area contributed by atoms with E-state index < -0.39 is 0 Å². The minimum Gasteiger partial charge on any atom is -0.394 e. The van der Waals surface area contributed by atoms with E-state index in [2.05, 4.69) is 21.2 Å². The summed E-state index contributed by atoms with van der Waals surface area (Å²) in [6.45, 7) is -0.105. The van der Waals surface area contributed by atoms with E-state index in [0.717, 1.165) is 15.6 Å². The van der Waals surface area contributed by atoms with Crippen LogP contribution in [0.5, 0.6) is 0 Å². The summed E-state index contributed by atoms with van der Waals surface area (Å²) in [5.41, 5.74) is 2.02. The van der Waals surface area contributed by atoms with Crippen molar-refractivity contribution in [3.05, 3.63) is 70.2 Å². The Morgan fingerprint density at radius 1 is 1.14 bits per heavy atom. The fraction of sp³-hybridized carbons (Fsp3) is 0.235. The van der Waals surface area contributed by atoms with Gasteiger partial charge in [0.25, 0.3) is 0 Å². The second-order valence-corrected chi connectivity index (χ2v) is 5.76. The number of carbonyl (C=O) groups excluding carboxylic acids is 1. The lowest BCUT2D eigenvalue weighted by Crippen LogP contribution is -2.30. The predicted octanol–water partition coefficient (Wildman–Crippen LogP) is 3.23. The van der Waals surface area contributed by atoms with Gasteiger partial charge in [-0.05, 0) is 29.7 Å². The van der Waals surface area contributed by atoms with Crippen molar-refractivity contribution in [3.63, 3.8) is 0 Å². The largest absolute Gasteiger partial charge is 0.394 e. The lowest BCUT2D eigenvalue weighted by molar-refractivity contribution is -0.122. The van der Waals surface area contributed by atoms with Crippen molar-refractivity contribution < 1.29 is 9.90 Å². The Morgan fingerprint density at radius 3 is 2.57 bits per heavy atom. The number of carbonyl (C=O) groups is 1. The molecule has 0 bridgehead atoms. The van der Waals surface area contributed by atoms with Crippen LogP contribution in [0.15, 0.2) is 59.1 Å². The van der Waals surface area contributed by atoms with Gasteiger partial charge in [-0.25, -0.2) is 0 Å². The number of halogens is 1. The fourth-order valence-electron chi connectivity index (χ4n) is 2.14. The molecule has 2 aromatic carbocycles. The first-order valence-corrected chi connectivity index (χ1v) is 7.68. The number of aliphatic hydroxyl groups excluding tert-OH is 1. The SMILES string of the molecule is O=C(CCc1cccc(Br)c1)N[C@@H](CO)c1ccccc1. The van der Waals surface area contributed by atoms with Gasteiger partial charge in [0.15, 0.2) is 0 Å². The summed E-state index contributed by atoms with van der Waals surface area (Å²) in [6, 6.07) is 17.1. The Bertz CT molecular complexity index is 586. The maximum atomic E-state index is 12.0. The standard InChI is InChI=1S/C17H18BrNO2/c18-15-8-4-5-13(11-15)9-10-17(21)19-16(12-20)14-6-2-1-3-7-14/h1-8,11,16,20H,9-10,12H2,(H,19,21)/t16-/m0/s1. The number of hydrogen-bond donors (Lipinski definition) is 2. The summed E-state index contributed by atoms with van der Waals surface area (Å²) in [5, 5.41) is 12.3. The fourth-order valence-corrected chi connectivity index (χ4v) is 2.58. The lowest BCUT2D eigenvalue weighted by Gasteiger charge is -2.16. The first-order chi connectivity index (χ1) is 10.2. The third-order valence-corrected chi connectivity index (χ3v) is 3.74. The zero-order valence-electron chi connectivity index (χ0n) is 11.6. The first kappa shape index (κ1) is 15.7. The van der Waals surface area contributed by atoms with Crippen molar-refractivity contribution in [1.29, 1.82) is 0 Å². The summed E-state index contributed by atoms with van der Waals surface area (Å²) in [6.07, 6.45) is 1.08. The molecule has 3 nitrogen and oxygen atoms in total. The van der Waals surface area contributed by atoms with Crippen molar-refractivity contribution in [2.24, 2.45) is 0 Å². The van der Waals surface area contributed by atoms with Gasteiger partial charge in [0.1, 0.15) is 0 Å². The van der Waals surface area contributed by atoms with Gasteiger partial charge >= 0.3 is 0 Å². The average molecular weight is 348 g/mol. The monoisotopic (exact) mass is 347 g/mol. The molecule has 2 rings (SSSR count). The van der Waals surface area contributed by atoms with Crippen molar-refractivity contribution in [1.82, 2.24) is 5.32 Å². The first-order valence-electron chi connectivity index (χ1n) is 6.88. The third kappa shape index (κ3) is 4.99. The van der Waals surface area contributed by atoms with Crippen LogP contribution < -0.4 is 5.32 Å². The number of rotatable bonds is 6. The van der Waals surface area contributed by atoms with Gasteiger partial charge in [0.2, 0.25) is 5.91 Å². The Balaban J connectivity index is 1.89. The molecule has 1 atom stereocenters. The van der Waals surface area contributed by atoms with Crippen LogP contribution >= 0.6 is 15.9 Å².